The lowest BCUT2D eigenvalue weighted by molar-refractivity contribution is -0.116. The molecule has 37 heavy (non-hydrogen) atoms. The molecule has 0 saturated heterocycles. The Balaban J connectivity index is 1.44. The number of nitrogens with zero attached hydrogens (tertiary/aromatic N) is 3. The average Bonchev–Trinajstić information content (AvgIpc) is 3.51. The normalized spacial score (nSPS) is 13.5. The molecule has 10 nitrogen and oxygen atoms in total. The summed E-state index contributed by atoms with van der Waals surface area (Å²) in [5.74, 6) is -1.17. The summed E-state index contributed by atoms with van der Waals surface area (Å²) in [4.78, 5) is 26.4. The largest absolute Gasteiger partial charge is 0.365 e. The van der Waals surface area contributed by atoms with Gasteiger partial charge in [0, 0.05) is 11.4 Å². The van der Waals surface area contributed by atoms with Crippen LogP contribution in [0.15, 0.2) is 58.1 Å². The fourth-order valence-electron chi connectivity index (χ4n) is 4.55. The molecule has 1 aliphatic carbocycles. The van der Waals surface area contributed by atoms with E-state index in [4.69, 9.17) is 10.4 Å². The number of aryl methyl sites for hydroxylation is 1. The third-order valence-corrected chi connectivity index (χ3v) is 9.43. The molecule has 0 atom stereocenters. The molecule has 5 rings (SSSR count). The number of nitrogens with two attached hydrogens (primary N) is 1. The number of carbonyl (C=O) groups excluding carboxylic acids is 2. The SMILES string of the molecule is NC(=O)c1c(NC(=O)CN(CCc2ccccc2)S(=O)(=O)c2cccc3nonc23)sc2c1CCCC2. The lowest BCUT2D eigenvalue weighted by atomic mass is 9.95. The molecule has 0 radical (unpaired) electrons. The quantitative estimate of drug-likeness (QED) is 0.332. The van der Waals surface area contributed by atoms with Crippen LogP contribution < -0.4 is 11.1 Å². The van der Waals surface area contributed by atoms with E-state index in [-0.39, 0.29) is 17.0 Å². The van der Waals surface area contributed by atoms with Gasteiger partial charge in [-0.3, -0.25) is 9.59 Å². The van der Waals surface area contributed by atoms with Crippen LogP contribution in [0.3, 0.4) is 0 Å². The number of fused-ring (bicyclic) bond motifs is 2. The van der Waals surface area contributed by atoms with Crippen molar-refractivity contribution in [3.63, 3.8) is 0 Å². The molecule has 12 heteroatoms. The Kier molecular flexibility index (Phi) is 7.04. The van der Waals surface area contributed by atoms with Crippen LogP contribution in [-0.2, 0) is 34.1 Å². The minimum absolute atomic E-state index is 0.0467. The second-order valence-electron chi connectivity index (χ2n) is 8.79. The van der Waals surface area contributed by atoms with Crippen molar-refractivity contribution >= 4 is 49.2 Å². The number of benzene rings is 2. The number of nitrogens with one attached hydrogen (secondary N) is 1. The maximum Gasteiger partial charge on any atom is 0.251 e. The van der Waals surface area contributed by atoms with E-state index in [2.05, 4.69) is 15.6 Å². The number of hydrogen-bond donors (Lipinski definition) is 2. The van der Waals surface area contributed by atoms with Gasteiger partial charge in [0.1, 0.15) is 15.4 Å². The van der Waals surface area contributed by atoms with E-state index in [1.54, 1.807) is 12.1 Å². The highest BCUT2D eigenvalue weighted by molar-refractivity contribution is 7.89. The molecule has 3 N–H and O–H groups in total. The molecule has 4 aromatic rings. The number of thiophene rings is 1. The molecule has 0 bridgehead atoms. The Hall–Kier alpha value is -3.61. The molecular weight excluding hydrogens is 514 g/mol. The van der Waals surface area contributed by atoms with E-state index in [0.29, 0.717) is 22.5 Å². The maximum atomic E-state index is 13.8. The first kappa shape index (κ1) is 25.1. The minimum Gasteiger partial charge on any atom is -0.365 e. The standard InChI is InChI=1S/C25H25N5O5S2/c26-24(32)22-17-9-4-5-11-19(17)36-25(22)27-21(31)15-30(14-13-16-7-2-1-3-8-16)37(33,34)20-12-6-10-18-23(20)29-35-28-18/h1-3,6-8,10,12H,4-5,9,11,13-15H2,(H2,26,32)(H,27,31). The molecule has 0 aliphatic heterocycles. The molecule has 0 spiro atoms. The van der Waals surface area contributed by atoms with Crippen LogP contribution in [-0.4, -0.2) is 47.9 Å². The van der Waals surface area contributed by atoms with Gasteiger partial charge in [0.2, 0.25) is 15.9 Å². The monoisotopic (exact) mass is 539 g/mol. The van der Waals surface area contributed by atoms with Gasteiger partial charge < -0.3 is 11.1 Å². The number of amides is 2. The smallest absolute Gasteiger partial charge is 0.251 e. The van der Waals surface area contributed by atoms with E-state index in [1.165, 1.54) is 17.4 Å². The van der Waals surface area contributed by atoms with Crippen LogP contribution in [0.1, 0.15) is 39.2 Å². The van der Waals surface area contributed by atoms with Crippen molar-refractivity contribution in [2.24, 2.45) is 5.73 Å². The zero-order valence-corrected chi connectivity index (χ0v) is 21.5. The van der Waals surface area contributed by atoms with Gasteiger partial charge >= 0.3 is 0 Å². The summed E-state index contributed by atoms with van der Waals surface area (Å²) in [6, 6.07) is 13.9. The molecule has 0 unspecified atom stereocenters. The second kappa shape index (κ2) is 10.4. The highest BCUT2D eigenvalue weighted by atomic mass is 32.2. The minimum atomic E-state index is -4.16. The van der Waals surface area contributed by atoms with Gasteiger partial charge in [-0.15, -0.1) is 11.3 Å². The Morgan fingerprint density at radius 1 is 1.05 bits per heavy atom. The van der Waals surface area contributed by atoms with Gasteiger partial charge in [-0.25, -0.2) is 13.0 Å². The topological polar surface area (TPSA) is 148 Å². The van der Waals surface area contributed by atoms with Crippen molar-refractivity contribution in [1.82, 2.24) is 14.6 Å². The van der Waals surface area contributed by atoms with Crippen LogP contribution >= 0.6 is 11.3 Å². The van der Waals surface area contributed by atoms with Gasteiger partial charge in [0.25, 0.3) is 5.91 Å². The third kappa shape index (κ3) is 5.13. The van der Waals surface area contributed by atoms with Crippen molar-refractivity contribution in [3.8, 4) is 0 Å². The van der Waals surface area contributed by atoms with Gasteiger partial charge in [-0.1, -0.05) is 36.4 Å². The average molecular weight is 540 g/mol. The highest BCUT2D eigenvalue weighted by Gasteiger charge is 2.31. The summed E-state index contributed by atoms with van der Waals surface area (Å²) in [6.45, 7) is -0.414. The summed E-state index contributed by atoms with van der Waals surface area (Å²) in [7, 11) is -4.16. The molecular formula is C25H25N5O5S2. The van der Waals surface area contributed by atoms with Gasteiger partial charge in [-0.05, 0) is 65.7 Å². The van der Waals surface area contributed by atoms with E-state index in [1.807, 2.05) is 30.3 Å². The van der Waals surface area contributed by atoms with Crippen molar-refractivity contribution in [2.45, 2.75) is 37.0 Å². The zero-order chi connectivity index (χ0) is 26.0. The second-order valence-corrected chi connectivity index (χ2v) is 11.8. The predicted octanol–water partition coefficient (Wildman–Crippen LogP) is 3.13. The summed E-state index contributed by atoms with van der Waals surface area (Å²) in [5.41, 5.74) is 8.17. The molecule has 0 fully saturated rings. The van der Waals surface area contributed by atoms with E-state index in [9.17, 15) is 18.0 Å². The van der Waals surface area contributed by atoms with Crippen molar-refractivity contribution in [2.75, 3.05) is 18.4 Å². The number of carbonyl (C=O) groups is 2. The lowest BCUT2D eigenvalue weighted by Crippen LogP contribution is -2.39. The Morgan fingerprint density at radius 3 is 2.62 bits per heavy atom. The number of sulfonamides is 1. The zero-order valence-electron chi connectivity index (χ0n) is 19.8. The van der Waals surface area contributed by atoms with Gasteiger partial charge in [0.15, 0.2) is 5.52 Å². The van der Waals surface area contributed by atoms with Gasteiger partial charge in [0.05, 0.1) is 12.1 Å². The van der Waals surface area contributed by atoms with Crippen LogP contribution in [0, 0.1) is 0 Å². The van der Waals surface area contributed by atoms with E-state index >= 15 is 0 Å². The summed E-state index contributed by atoms with van der Waals surface area (Å²) in [5, 5.41) is 10.6. The number of aromatic nitrogens is 2. The molecule has 192 valence electrons. The highest BCUT2D eigenvalue weighted by Crippen LogP contribution is 2.38. The Morgan fingerprint density at radius 2 is 1.84 bits per heavy atom. The third-order valence-electron chi connectivity index (χ3n) is 6.35. The van der Waals surface area contributed by atoms with E-state index in [0.717, 1.165) is 46.0 Å². The van der Waals surface area contributed by atoms with Crippen LogP contribution in [0.4, 0.5) is 5.00 Å². The first-order chi connectivity index (χ1) is 17.8. The lowest BCUT2D eigenvalue weighted by Gasteiger charge is -2.22. The van der Waals surface area contributed by atoms with Crippen LogP contribution in [0.25, 0.3) is 11.0 Å². The van der Waals surface area contributed by atoms with E-state index < -0.39 is 28.4 Å². The molecule has 2 aromatic heterocycles. The van der Waals surface area contributed by atoms with Crippen LogP contribution in [0.5, 0.6) is 0 Å². The van der Waals surface area contributed by atoms with Gasteiger partial charge in [-0.2, -0.15) is 4.31 Å². The molecule has 2 aromatic carbocycles. The number of rotatable bonds is 9. The summed E-state index contributed by atoms with van der Waals surface area (Å²) >= 11 is 1.33. The number of primary amides is 1. The first-order valence-corrected chi connectivity index (χ1v) is 14.1. The van der Waals surface area contributed by atoms with Crippen molar-refractivity contribution < 1.29 is 22.6 Å². The van der Waals surface area contributed by atoms with Crippen LogP contribution in [0.2, 0.25) is 0 Å². The Bertz CT molecular complexity index is 1560. The fraction of sp³-hybridized carbons (Fsp3) is 0.280. The van der Waals surface area contributed by atoms with Crippen molar-refractivity contribution in [1.29, 1.82) is 0 Å². The maximum absolute atomic E-state index is 13.8. The summed E-state index contributed by atoms with van der Waals surface area (Å²) < 4.78 is 33.4. The summed E-state index contributed by atoms with van der Waals surface area (Å²) in [6.07, 6.45) is 3.90. The number of hydrogen-bond acceptors (Lipinski definition) is 8. The molecule has 2 heterocycles. The predicted molar refractivity (Wildman–Crippen MR) is 139 cm³/mol. The molecule has 2 amide bonds. The number of anilines is 1. The molecule has 1 aliphatic rings. The first-order valence-electron chi connectivity index (χ1n) is 11.8. The fourth-order valence-corrected chi connectivity index (χ4v) is 7.40. The molecule has 0 saturated carbocycles. The Labute approximate surface area is 217 Å². The van der Waals surface area contributed by atoms with Crippen molar-refractivity contribution in [3.05, 3.63) is 70.1 Å².